The highest BCUT2D eigenvalue weighted by Gasteiger charge is 2.10. The van der Waals surface area contributed by atoms with Crippen molar-refractivity contribution in [1.82, 2.24) is 9.88 Å². The highest BCUT2D eigenvalue weighted by molar-refractivity contribution is 6.29. The first-order valence-corrected chi connectivity index (χ1v) is 6.90. The Balaban J connectivity index is 2.54. The highest BCUT2D eigenvalue weighted by atomic mass is 35.5. The number of halogens is 1. The number of aromatic nitrogens is 1. The van der Waals surface area contributed by atoms with Crippen LogP contribution in [-0.4, -0.2) is 23.0 Å². The third-order valence-corrected chi connectivity index (χ3v) is 3.54. The zero-order chi connectivity index (χ0) is 12.7. The van der Waals surface area contributed by atoms with Crippen molar-refractivity contribution in [3.8, 4) is 0 Å². The standard InChI is InChI=1S/C14H23ClN2/c1-4-12(5-2)10-17(6-3)11-13-7-8-14(15)16-9-13/h7-9,12H,4-6,10-11H2,1-3H3. The Morgan fingerprint density at radius 3 is 2.41 bits per heavy atom. The van der Waals surface area contributed by atoms with Gasteiger partial charge in [-0.1, -0.05) is 51.3 Å². The van der Waals surface area contributed by atoms with E-state index in [-0.39, 0.29) is 0 Å². The molecular weight excluding hydrogens is 232 g/mol. The summed E-state index contributed by atoms with van der Waals surface area (Å²) in [5.41, 5.74) is 1.24. The average molecular weight is 255 g/mol. The van der Waals surface area contributed by atoms with Crippen LogP contribution >= 0.6 is 11.6 Å². The lowest BCUT2D eigenvalue weighted by Crippen LogP contribution is -2.28. The van der Waals surface area contributed by atoms with Crippen LogP contribution in [0.25, 0.3) is 0 Å². The lowest BCUT2D eigenvalue weighted by Gasteiger charge is -2.25. The first-order valence-electron chi connectivity index (χ1n) is 6.52. The van der Waals surface area contributed by atoms with Gasteiger partial charge in [0.15, 0.2) is 0 Å². The first kappa shape index (κ1) is 14.5. The van der Waals surface area contributed by atoms with Gasteiger partial charge >= 0.3 is 0 Å². The SMILES string of the molecule is CCC(CC)CN(CC)Cc1ccc(Cl)nc1. The predicted molar refractivity (Wildman–Crippen MR) is 74.3 cm³/mol. The summed E-state index contributed by atoms with van der Waals surface area (Å²) in [6, 6.07) is 3.92. The van der Waals surface area contributed by atoms with Crippen LogP contribution in [-0.2, 0) is 6.54 Å². The van der Waals surface area contributed by atoms with Crippen molar-refractivity contribution in [2.24, 2.45) is 5.92 Å². The van der Waals surface area contributed by atoms with Gasteiger partial charge in [0.05, 0.1) is 0 Å². The number of hydrogen-bond acceptors (Lipinski definition) is 2. The maximum atomic E-state index is 5.79. The topological polar surface area (TPSA) is 16.1 Å². The second-order valence-electron chi connectivity index (χ2n) is 4.50. The molecule has 0 spiro atoms. The van der Waals surface area contributed by atoms with Crippen LogP contribution in [0.15, 0.2) is 18.3 Å². The van der Waals surface area contributed by atoms with Crippen molar-refractivity contribution >= 4 is 11.6 Å². The molecule has 0 aliphatic heterocycles. The molecule has 96 valence electrons. The lowest BCUT2D eigenvalue weighted by atomic mass is 10.0. The fourth-order valence-corrected chi connectivity index (χ4v) is 2.09. The van der Waals surface area contributed by atoms with E-state index in [0.29, 0.717) is 5.15 Å². The van der Waals surface area contributed by atoms with Gasteiger partial charge in [-0.25, -0.2) is 4.98 Å². The number of hydrogen-bond donors (Lipinski definition) is 0. The van der Waals surface area contributed by atoms with E-state index in [9.17, 15) is 0 Å². The summed E-state index contributed by atoms with van der Waals surface area (Å²) in [5, 5.41) is 0.566. The molecule has 0 N–H and O–H groups in total. The van der Waals surface area contributed by atoms with Crippen LogP contribution < -0.4 is 0 Å². The normalized spacial score (nSPS) is 11.4. The summed E-state index contributed by atoms with van der Waals surface area (Å²) in [6.07, 6.45) is 4.38. The quantitative estimate of drug-likeness (QED) is 0.684. The van der Waals surface area contributed by atoms with Crippen molar-refractivity contribution in [3.63, 3.8) is 0 Å². The van der Waals surface area contributed by atoms with Crippen LogP contribution in [0.2, 0.25) is 5.15 Å². The molecule has 2 nitrogen and oxygen atoms in total. The maximum absolute atomic E-state index is 5.79. The Kier molecular flexibility index (Phi) is 6.53. The molecule has 0 atom stereocenters. The monoisotopic (exact) mass is 254 g/mol. The summed E-state index contributed by atoms with van der Waals surface area (Å²) in [7, 11) is 0. The molecule has 0 unspecified atom stereocenters. The van der Waals surface area contributed by atoms with Gasteiger partial charge in [0, 0.05) is 19.3 Å². The van der Waals surface area contributed by atoms with Crippen molar-refractivity contribution < 1.29 is 0 Å². The van der Waals surface area contributed by atoms with Crippen molar-refractivity contribution in [1.29, 1.82) is 0 Å². The van der Waals surface area contributed by atoms with Gasteiger partial charge in [0.2, 0.25) is 0 Å². The molecule has 17 heavy (non-hydrogen) atoms. The summed E-state index contributed by atoms with van der Waals surface area (Å²) >= 11 is 5.79. The Morgan fingerprint density at radius 2 is 1.94 bits per heavy atom. The van der Waals surface area contributed by atoms with E-state index in [1.807, 2.05) is 12.3 Å². The third-order valence-electron chi connectivity index (χ3n) is 3.31. The molecule has 0 saturated carbocycles. The first-order chi connectivity index (χ1) is 8.19. The van der Waals surface area contributed by atoms with Gasteiger partial charge in [0.1, 0.15) is 5.15 Å². The van der Waals surface area contributed by atoms with Crippen LogP contribution in [0.3, 0.4) is 0 Å². The zero-order valence-electron chi connectivity index (χ0n) is 11.1. The number of pyridine rings is 1. The molecule has 0 aliphatic rings. The zero-order valence-corrected chi connectivity index (χ0v) is 11.9. The molecule has 0 amide bonds. The molecule has 1 rings (SSSR count). The summed E-state index contributed by atoms with van der Waals surface area (Å²) in [6.45, 7) is 9.98. The summed E-state index contributed by atoms with van der Waals surface area (Å²) in [5.74, 6) is 0.801. The van der Waals surface area contributed by atoms with E-state index >= 15 is 0 Å². The van der Waals surface area contributed by atoms with Gasteiger partial charge in [-0.2, -0.15) is 0 Å². The molecule has 1 aromatic heterocycles. The van der Waals surface area contributed by atoms with Gasteiger partial charge in [-0.15, -0.1) is 0 Å². The van der Waals surface area contributed by atoms with Crippen molar-refractivity contribution in [2.45, 2.75) is 40.2 Å². The Labute approximate surface area is 110 Å². The largest absolute Gasteiger partial charge is 0.299 e. The molecular formula is C14H23ClN2. The third kappa shape index (κ3) is 5.05. The van der Waals surface area contributed by atoms with E-state index < -0.39 is 0 Å². The summed E-state index contributed by atoms with van der Waals surface area (Å²) < 4.78 is 0. The van der Waals surface area contributed by atoms with Crippen LogP contribution in [0.1, 0.15) is 39.2 Å². The smallest absolute Gasteiger partial charge is 0.129 e. The molecule has 0 radical (unpaired) electrons. The van der Waals surface area contributed by atoms with E-state index in [1.165, 1.54) is 24.9 Å². The van der Waals surface area contributed by atoms with Crippen LogP contribution in [0.4, 0.5) is 0 Å². The fraction of sp³-hybridized carbons (Fsp3) is 0.643. The van der Waals surface area contributed by atoms with Crippen molar-refractivity contribution in [3.05, 3.63) is 29.0 Å². The molecule has 0 aliphatic carbocycles. The van der Waals surface area contributed by atoms with Crippen LogP contribution in [0.5, 0.6) is 0 Å². The fourth-order valence-electron chi connectivity index (χ4n) is 1.98. The molecule has 1 aromatic rings. The molecule has 0 aromatic carbocycles. The average Bonchev–Trinajstić information content (AvgIpc) is 2.37. The van der Waals surface area contributed by atoms with Gasteiger partial charge < -0.3 is 0 Å². The van der Waals surface area contributed by atoms with Gasteiger partial charge in [0.25, 0.3) is 0 Å². The predicted octanol–water partition coefficient (Wildman–Crippen LogP) is 3.99. The molecule has 1 heterocycles. The minimum Gasteiger partial charge on any atom is -0.299 e. The van der Waals surface area contributed by atoms with Crippen LogP contribution in [0, 0.1) is 5.92 Å². The van der Waals surface area contributed by atoms with E-state index in [4.69, 9.17) is 11.6 Å². The Hall–Kier alpha value is -0.600. The summed E-state index contributed by atoms with van der Waals surface area (Å²) in [4.78, 5) is 6.60. The lowest BCUT2D eigenvalue weighted by molar-refractivity contribution is 0.226. The van der Waals surface area contributed by atoms with E-state index in [1.54, 1.807) is 0 Å². The van der Waals surface area contributed by atoms with E-state index in [2.05, 4.69) is 36.7 Å². The second-order valence-corrected chi connectivity index (χ2v) is 4.89. The minimum atomic E-state index is 0.566. The maximum Gasteiger partial charge on any atom is 0.129 e. The Bertz CT molecular complexity index is 307. The molecule has 0 bridgehead atoms. The van der Waals surface area contributed by atoms with Gasteiger partial charge in [-0.3, -0.25) is 4.90 Å². The second kappa shape index (κ2) is 7.67. The van der Waals surface area contributed by atoms with E-state index in [0.717, 1.165) is 19.0 Å². The Morgan fingerprint density at radius 1 is 1.24 bits per heavy atom. The minimum absolute atomic E-state index is 0.566. The molecule has 0 saturated heterocycles. The number of rotatable bonds is 7. The molecule has 3 heteroatoms. The van der Waals surface area contributed by atoms with Crippen molar-refractivity contribution in [2.75, 3.05) is 13.1 Å². The highest BCUT2D eigenvalue weighted by Crippen LogP contribution is 2.13. The number of nitrogens with zero attached hydrogens (tertiary/aromatic N) is 2. The molecule has 0 fully saturated rings. The van der Waals surface area contributed by atoms with Gasteiger partial charge in [-0.05, 0) is 24.1 Å².